The summed E-state index contributed by atoms with van der Waals surface area (Å²) < 4.78 is 18.6. The van der Waals surface area contributed by atoms with E-state index in [-0.39, 0.29) is 11.7 Å². The van der Waals surface area contributed by atoms with E-state index in [4.69, 9.17) is 4.74 Å². The minimum absolute atomic E-state index is 0.174. The monoisotopic (exact) mass is 487 g/mol. The molecular weight excluding hydrogens is 453 g/mol. The second-order valence-corrected chi connectivity index (χ2v) is 9.87. The third-order valence-corrected chi connectivity index (χ3v) is 7.57. The number of hydrogen-bond donors (Lipinski definition) is 0. The van der Waals surface area contributed by atoms with Crippen LogP contribution >= 0.6 is 0 Å². The van der Waals surface area contributed by atoms with Crippen LogP contribution in [0.1, 0.15) is 17.0 Å². The number of likely N-dealkylation sites (tertiary alicyclic amines) is 1. The highest BCUT2D eigenvalue weighted by molar-refractivity contribution is 5.79. The van der Waals surface area contributed by atoms with Crippen LogP contribution in [0.4, 0.5) is 10.1 Å². The molecule has 0 N–H and O–H groups in total. The molecule has 188 valence electrons. The lowest BCUT2D eigenvalue weighted by atomic mass is 9.88. The Bertz CT molecular complexity index is 1150. The van der Waals surface area contributed by atoms with E-state index in [0.29, 0.717) is 18.3 Å². The quantitative estimate of drug-likeness (QED) is 0.494. The number of piperazine rings is 1. The number of carbonyl (C=O) groups is 1. The number of rotatable bonds is 7. The van der Waals surface area contributed by atoms with Gasteiger partial charge in [0.15, 0.2) is 0 Å². The summed E-state index contributed by atoms with van der Waals surface area (Å²) in [5.74, 6) is 1.47. The molecule has 6 heteroatoms. The van der Waals surface area contributed by atoms with Gasteiger partial charge in [-0.15, -0.1) is 0 Å². The van der Waals surface area contributed by atoms with Crippen LogP contribution in [-0.2, 0) is 11.2 Å². The molecule has 36 heavy (non-hydrogen) atoms. The summed E-state index contributed by atoms with van der Waals surface area (Å²) in [7, 11) is 1.65. The summed E-state index contributed by atoms with van der Waals surface area (Å²) in [6.07, 6.45) is 0.391. The Hall–Kier alpha value is -3.38. The van der Waals surface area contributed by atoms with Gasteiger partial charge in [-0.25, -0.2) is 4.39 Å². The Labute approximate surface area is 213 Å². The minimum Gasteiger partial charge on any atom is -0.497 e. The summed E-state index contributed by atoms with van der Waals surface area (Å²) in [5, 5.41) is 0. The first-order valence-corrected chi connectivity index (χ1v) is 12.8. The highest BCUT2D eigenvalue weighted by Crippen LogP contribution is 2.34. The Balaban J connectivity index is 1.24. The standard InChI is InChI=1S/C30H34FN3O2/c1-36-28-9-5-6-23(18-28)19-30(35)34-21-25(29(22-34)24-7-3-2-4-8-24)20-32-14-16-33(17-15-32)27-12-10-26(31)11-13-27/h2-13,18,25,29H,14-17,19-22H2,1H3/t25-,29-/m1/s1. The van der Waals surface area contributed by atoms with E-state index in [1.54, 1.807) is 7.11 Å². The number of hydrogen-bond acceptors (Lipinski definition) is 4. The molecule has 0 unspecified atom stereocenters. The number of ether oxygens (including phenoxy) is 1. The lowest BCUT2D eigenvalue weighted by molar-refractivity contribution is -0.129. The Morgan fingerprint density at radius 3 is 2.39 bits per heavy atom. The molecule has 5 rings (SSSR count). The van der Waals surface area contributed by atoms with Gasteiger partial charge in [-0.2, -0.15) is 0 Å². The molecule has 2 saturated heterocycles. The topological polar surface area (TPSA) is 36.0 Å². The van der Waals surface area contributed by atoms with Gasteiger partial charge >= 0.3 is 0 Å². The van der Waals surface area contributed by atoms with Crippen molar-refractivity contribution in [2.75, 3.05) is 57.8 Å². The molecule has 0 aromatic heterocycles. The number of carbonyl (C=O) groups excluding carboxylic acids is 1. The van der Waals surface area contributed by atoms with Crippen molar-refractivity contribution in [3.63, 3.8) is 0 Å². The van der Waals surface area contributed by atoms with Crippen molar-refractivity contribution in [1.82, 2.24) is 9.80 Å². The van der Waals surface area contributed by atoms with Gasteiger partial charge in [0.05, 0.1) is 13.5 Å². The molecule has 1 amide bonds. The van der Waals surface area contributed by atoms with Gasteiger partial charge in [0, 0.05) is 57.4 Å². The van der Waals surface area contributed by atoms with E-state index in [2.05, 4.69) is 39.0 Å². The normalized spacial score (nSPS) is 20.5. The predicted octanol–water partition coefficient (Wildman–Crippen LogP) is 4.44. The van der Waals surface area contributed by atoms with Crippen LogP contribution < -0.4 is 9.64 Å². The molecule has 2 fully saturated rings. The second kappa shape index (κ2) is 11.1. The molecule has 2 atom stereocenters. The molecule has 0 bridgehead atoms. The molecule has 3 aromatic rings. The van der Waals surface area contributed by atoms with Crippen LogP contribution in [0.15, 0.2) is 78.9 Å². The highest BCUT2D eigenvalue weighted by Gasteiger charge is 2.37. The largest absolute Gasteiger partial charge is 0.497 e. The van der Waals surface area contributed by atoms with Crippen LogP contribution in [0.25, 0.3) is 0 Å². The number of nitrogens with zero attached hydrogens (tertiary/aromatic N) is 3. The first-order chi connectivity index (χ1) is 17.6. The fourth-order valence-electron chi connectivity index (χ4n) is 5.58. The van der Waals surface area contributed by atoms with E-state index in [1.807, 2.05) is 42.5 Å². The highest BCUT2D eigenvalue weighted by atomic mass is 19.1. The Morgan fingerprint density at radius 1 is 0.917 bits per heavy atom. The maximum atomic E-state index is 13.3. The zero-order valence-corrected chi connectivity index (χ0v) is 20.9. The SMILES string of the molecule is COc1cccc(CC(=O)N2C[C@@H](CN3CCN(c4ccc(F)cc4)CC3)[C@@H](c3ccccc3)C2)c1. The van der Waals surface area contributed by atoms with Crippen LogP contribution in [0.5, 0.6) is 5.75 Å². The molecular formula is C30H34FN3O2. The number of methoxy groups -OCH3 is 1. The molecule has 0 aliphatic carbocycles. The van der Waals surface area contributed by atoms with Gasteiger partial charge < -0.3 is 14.5 Å². The molecule has 2 aliphatic heterocycles. The van der Waals surface area contributed by atoms with Gasteiger partial charge in [-0.1, -0.05) is 42.5 Å². The van der Waals surface area contributed by atoms with Crippen molar-refractivity contribution in [2.45, 2.75) is 12.3 Å². The summed E-state index contributed by atoms with van der Waals surface area (Å²) >= 11 is 0. The number of anilines is 1. The lowest BCUT2D eigenvalue weighted by Gasteiger charge is -2.37. The Kier molecular flexibility index (Phi) is 7.52. The molecule has 2 heterocycles. The van der Waals surface area contributed by atoms with Crippen LogP contribution in [0.2, 0.25) is 0 Å². The van der Waals surface area contributed by atoms with Gasteiger partial charge in [0.1, 0.15) is 11.6 Å². The Morgan fingerprint density at radius 2 is 1.67 bits per heavy atom. The smallest absolute Gasteiger partial charge is 0.227 e. The van der Waals surface area contributed by atoms with E-state index < -0.39 is 0 Å². The van der Waals surface area contributed by atoms with E-state index in [1.165, 1.54) is 17.7 Å². The average Bonchev–Trinajstić information content (AvgIpc) is 3.34. The lowest BCUT2D eigenvalue weighted by Crippen LogP contribution is -2.48. The summed E-state index contributed by atoms with van der Waals surface area (Å²) in [4.78, 5) is 20.2. The van der Waals surface area contributed by atoms with Gasteiger partial charge in [-0.3, -0.25) is 9.69 Å². The van der Waals surface area contributed by atoms with Crippen LogP contribution in [0, 0.1) is 11.7 Å². The summed E-state index contributed by atoms with van der Waals surface area (Å²) in [6.45, 7) is 6.29. The fraction of sp³-hybridized carbons (Fsp3) is 0.367. The maximum Gasteiger partial charge on any atom is 0.227 e. The second-order valence-electron chi connectivity index (χ2n) is 9.87. The molecule has 0 saturated carbocycles. The van der Waals surface area contributed by atoms with E-state index in [9.17, 15) is 9.18 Å². The van der Waals surface area contributed by atoms with Crippen molar-refractivity contribution in [3.05, 3.63) is 95.8 Å². The molecule has 0 radical (unpaired) electrons. The first-order valence-electron chi connectivity index (χ1n) is 12.8. The van der Waals surface area contributed by atoms with E-state index in [0.717, 1.165) is 62.8 Å². The summed E-state index contributed by atoms with van der Waals surface area (Å²) in [5.41, 5.74) is 3.37. The number of amides is 1. The van der Waals surface area contributed by atoms with Gasteiger partial charge in [0.25, 0.3) is 0 Å². The zero-order valence-electron chi connectivity index (χ0n) is 20.9. The van der Waals surface area contributed by atoms with Crippen molar-refractivity contribution < 1.29 is 13.9 Å². The fourth-order valence-corrected chi connectivity index (χ4v) is 5.58. The third-order valence-electron chi connectivity index (χ3n) is 7.57. The van der Waals surface area contributed by atoms with Crippen molar-refractivity contribution in [2.24, 2.45) is 5.92 Å². The van der Waals surface area contributed by atoms with Crippen LogP contribution in [-0.4, -0.2) is 68.6 Å². The van der Waals surface area contributed by atoms with Crippen molar-refractivity contribution in [3.8, 4) is 5.75 Å². The van der Waals surface area contributed by atoms with Crippen molar-refractivity contribution >= 4 is 11.6 Å². The van der Waals surface area contributed by atoms with Gasteiger partial charge in [-0.05, 0) is 53.4 Å². The molecule has 2 aliphatic rings. The number of halogens is 1. The molecule has 3 aromatic carbocycles. The van der Waals surface area contributed by atoms with Gasteiger partial charge in [0.2, 0.25) is 5.91 Å². The zero-order chi connectivity index (χ0) is 24.9. The van der Waals surface area contributed by atoms with Crippen molar-refractivity contribution in [1.29, 1.82) is 0 Å². The number of benzene rings is 3. The molecule has 0 spiro atoms. The molecule has 5 nitrogen and oxygen atoms in total. The maximum absolute atomic E-state index is 13.3. The third kappa shape index (κ3) is 5.71. The first kappa shape index (κ1) is 24.3. The summed E-state index contributed by atoms with van der Waals surface area (Å²) in [6, 6.07) is 25.2. The predicted molar refractivity (Wildman–Crippen MR) is 141 cm³/mol. The average molecular weight is 488 g/mol. The van der Waals surface area contributed by atoms with E-state index >= 15 is 0 Å². The van der Waals surface area contributed by atoms with Crippen LogP contribution in [0.3, 0.4) is 0 Å². The minimum atomic E-state index is -0.198.